The van der Waals surface area contributed by atoms with Gasteiger partial charge in [0.15, 0.2) is 0 Å². The van der Waals surface area contributed by atoms with Crippen LogP contribution in [0, 0.1) is 5.82 Å². The average molecular weight is 300 g/mol. The Balaban J connectivity index is 2.13. The first kappa shape index (κ1) is 17.5. The fourth-order valence-corrected chi connectivity index (χ4v) is 2.60. The fourth-order valence-electron chi connectivity index (χ4n) is 2.41. The first-order valence-corrected chi connectivity index (χ1v) is 8.23. The monoisotopic (exact) mass is 299 g/mol. The Morgan fingerprint density at radius 2 is 1.65 bits per heavy atom. The van der Waals surface area contributed by atoms with Crippen molar-refractivity contribution >= 4 is 11.6 Å². The molecule has 0 aromatic heterocycles. The van der Waals surface area contributed by atoms with E-state index in [2.05, 4.69) is 6.92 Å². The number of halogens is 2. The molecule has 0 heterocycles. The molecule has 0 radical (unpaired) electrons. The molecule has 0 aliphatic rings. The van der Waals surface area contributed by atoms with Crippen molar-refractivity contribution in [3.8, 4) is 0 Å². The van der Waals surface area contributed by atoms with Crippen molar-refractivity contribution in [1.82, 2.24) is 0 Å². The van der Waals surface area contributed by atoms with E-state index in [0.717, 1.165) is 18.4 Å². The summed E-state index contributed by atoms with van der Waals surface area (Å²) < 4.78 is 13.1. The predicted molar refractivity (Wildman–Crippen MR) is 85.6 cm³/mol. The normalized spacial score (nSPS) is 12.6. The van der Waals surface area contributed by atoms with Gasteiger partial charge in [-0.3, -0.25) is 0 Å². The Morgan fingerprint density at radius 3 is 2.25 bits per heavy atom. The molecule has 0 saturated carbocycles. The molecule has 1 nitrogen and oxygen atoms in total. The van der Waals surface area contributed by atoms with Crippen LogP contribution in [-0.2, 0) is 0 Å². The van der Waals surface area contributed by atoms with Crippen LogP contribution in [0.1, 0.15) is 76.3 Å². The van der Waals surface area contributed by atoms with Gasteiger partial charge in [-0.1, -0.05) is 76.0 Å². The molecule has 20 heavy (non-hydrogen) atoms. The molecule has 1 atom stereocenters. The van der Waals surface area contributed by atoms with Crippen LogP contribution in [0.2, 0.25) is 5.02 Å². The average Bonchev–Trinajstić information content (AvgIpc) is 2.44. The maximum absolute atomic E-state index is 13.1. The van der Waals surface area contributed by atoms with Crippen LogP contribution in [0.15, 0.2) is 18.2 Å². The van der Waals surface area contributed by atoms with Crippen molar-refractivity contribution in [2.45, 2.75) is 70.8 Å². The van der Waals surface area contributed by atoms with Gasteiger partial charge >= 0.3 is 0 Å². The number of rotatable bonds is 10. The molecule has 0 bridgehead atoms. The van der Waals surface area contributed by atoms with Gasteiger partial charge in [0.05, 0.1) is 5.02 Å². The minimum absolute atomic E-state index is 0.0341. The van der Waals surface area contributed by atoms with Crippen LogP contribution in [0.25, 0.3) is 0 Å². The minimum Gasteiger partial charge on any atom is -0.324 e. The lowest BCUT2D eigenvalue weighted by atomic mass is 10.00. The van der Waals surface area contributed by atoms with Crippen LogP contribution in [0.5, 0.6) is 0 Å². The summed E-state index contributed by atoms with van der Waals surface area (Å²) >= 11 is 5.77. The van der Waals surface area contributed by atoms with Crippen LogP contribution in [-0.4, -0.2) is 0 Å². The Labute approximate surface area is 127 Å². The SMILES string of the molecule is CCCCCCCCCCC(N)c1ccc(F)c(Cl)c1. The summed E-state index contributed by atoms with van der Waals surface area (Å²) in [7, 11) is 0. The van der Waals surface area contributed by atoms with E-state index in [1.807, 2.05) is 0 Å². The van der Waals surface area contributed by atoms with E-state index in [1.54, 1.807) is 12.1 Å². The van der Waals surface area contributed by atoms with Crippen LogP contribution < -0.4 is 5.73 Å². The molecule has 2 N–H and O–H groups in total. The number of hydrogen-bond donors (Lipinski definition) is 1. The van der Waals surface area contributed by atoms with Crippen molar-refractivity contribution < 1.29 is 4.39 Å². The zero-order valence-electron chi connectivity index (χ0n) is 12.5. The molecule has 0 spiro atoms. The van der Waals surface area contributed by atoms with Gasteiger partial charge < -0.3 is 5.73 Å². The van der Waals surface area contributed by atoms with Gasteiger partial charge in [0.1, 0.15) is 5.82 Å². The van der Waals surface area contributed by atoms with Crippen LogP contribution in [0.3, 0.4) is 0 Å². The summed E-state index contributed by atoms with van der Waals surface area (Å²) in [5.41, 5.74) is 7.04. The lowest BCUT2D eigenvalue weighted by Gasteiger charge is -2.12. The standard InChI is InChI=1S/C17H27ClFN/c1-2-3-4-5-6-7-8-9-10-17(20)14-11-12-16(19)15(18)13-14/h11-13,17H,2-10,20H2,1H3. The maximum Gasteiger partial charge on any atom is 0.141 e. The highest BCUT2D eigenvalue weighted by Gasteiger charge is 2.08. The molecule has 0 aliphatic carbocycles. The third-order valence-electron chi connectivity index (χ3n) is 3.74. The molecule has 0 amide bonds. The van der Waals surface area contributed by atoms with Crippen molar-refractivity contribution in [3.05, 3.63) is 34.6 Å². The Morgan fingerprint density at radius 1 is 1.05 bits per heavy atom. The second-order valence-electron chi connectivity index (χ2n) is 5.54. The van der Waals surface area contributed by atoms with E-state index in [1.165, 1.54) is 51.0 Å². The molecule has 1 rings (SSSR count). The molecule has 3 heteroatoms. The van der Waals surface area contributed by atoms with E-state index in [4.69, 9.17) is 17.3 Å². The van der Waals surface area contributed by atoms with E-state index in [9.17, 15) is 4.39 Å². The van der Waals surface area contributed by atoms with Gasteiger partial charge in [-0.2, -0.15) is 0 Å². The quantitative estimate of drug-likeness (QED) is 0.526. The number of unbranched alkanes of at least 4 members (excludes halogenated alkanes) is 7. The fraction of sp³-hybridized carbons (Fsp3) is 0.647. The lowest BCUT2D eigenvalue weighted by Crippen LogP contribution is -2.10. The van der Waals surface area contributed by atoms with Crippen LogP contribution in [0.4, 0.5) is 4.39 Å². The first-order chi connectivity index (χ1) is 9.65. The summed E-state index contributed by atoms with van der Waals surface area (Å²) in [6.07, 6.45) is 11.3. The van der Waals surface area contributed by atoms with E-state index < -0.39 is 0 Å². The summed E-state index contributed by atoms with van der Waals surface area (Å²) in [6, 6.07) is 4.74. The highest BCUT2D eigenvalue weighted by molar-refractivity contribution is 6.30. The summed E-state index contributed by atoms with van der Waals surface area (Å²) in [5, 5.41) is 0.161. The first-order valence-electron chi connectivity index (χ1n) is 7.85. The maximum atomic E-state index is 13.1. The molecule has 1 aromatic rings. The van der Waals surface area contributed by atoms with Crippen LogP contribution >= 0.6 is 11.6 Å². The zero-order valence-corrected chi connectivity index (χ0v) is 13.3. The second-order valence-corrected chi connectivity index (χ2v) is 5.95. The van der Waals surface area contributed by atoms with Gasteiger partial charge in [0.25, 0.3) is 0 Å². The molecule has 0 fully saturated rings. The second kappa shape index (κ2) is 10.2. The van der Waals surface area contributed by atoms with E-state index in [0.29, 0.717) is 0 Å². The number of benzene rings is 1. The van der Waals surface area contributed by atoms with Gasteiger partial charge in [0, 0.05) is 6.04 Å². The Hall–Kier alpha value is -0.600. The summed E-state index contributed by atoms with van der Waals surface area (Å²) in [4.78, 5) is 0. The smallest absolute Gasteiger partial charge is 0.141 e. The minimum atomic E-state index is -0.380. The zero-order chi connectivity index (χ0) is 14.8. The lowest BCUT2D eigenvalue weighted by molar-refractivity contribution is 0.535. The molecule has 1 unspecified atom stereocenters. The van der Waals surface area contributed by atoms with Crippen molar-refractivity contribution in [2.75, 3.05) is 0 Å². The number of nitrogens with two attached hydrogens (primary N) is 1. The summed E-state index contributed by atoms with van der Waals surface area (Å²) in [5.74, 6) is -0.380. The largest absolute Gasteiger partial charge is 0.324 e. The van der Waals surface area contributed by atoms with Crippen molar-refractivity contribution in [3.63, 3.8) is 0 Å². The third kappa shape index (κ3) is 6.71. The topological polar surface area (TPSA) is 26.0 Å². The highest BCUT2D eigenvalue weighted by atomic mass is 35.5. The van der Waals surface area contributed by atoms with E-state index in [-0.39, 0.29) is 16.9 Å². The van der Waals surface area contributed by atoms with E-state index >= 15 is 0 Å². The third-order valence-corrected chi connectivity index (χ3v) is 4.03. The molecular formula is C17H27ClFN. The predicted octanol–water partition coefficient (Wildman–Crippen LogP) is 6.01. The molecule has 114 valence electrons. The van der Waals surface area contributed by atoms with Gasteiger partial charge in [-0.05, 0) is 24.1 Å². The van der Waals surface area contributed by atoms with Gasteiger partial charge in [0.2, 0.25) is 0 Å². The summed E-state index contributed by atoms with van der Waals surface area (Å²) in [6.45, 7) is 2.24. The van der Waals surface area contributed by atoms with Gasteiger partial charge in [-0.15, -0.1) is 0 Å². The molecule has 0 aliphatic heterocycles. The molecule has 1 aromatic carbocycles. The van der Waals surface area contributed by atoms with Gasteiger partial charge in [-0.25, -0.2) is 4.39 Å². The molecule has 0 saturated heterocycles. The van der Waals surface area contributed by atoms with Crippen molar-refractivity contribution in [2.24, 2.45) is 5.73 Å². The Kier molecular flexibility index (Phi) is 8.88. The molecular weight excluding hydrogens is 273 g/mol. The Bertz CT molecular complexity index is 381. The highest BCUT2D eigenvalue weighted by Crippen LogP contribution is 2.23. The number of hydrogen-bond acceptors (Lipinski definition) is 1. The van der Waals surface area contributed by atoms with Crippen molar-refractivity contribution in [1.29, 1.82) is 0 Å².